The van der Waals surface area contributed by atoms with Gasteiger partial charge in [-0.1, -0.05) is 155 Å². The van der Waals surface area contributed by atoms with Crippen LogP contribution < -0.4 is 4.73 Å². The molecule has 0 saturated heterocycles. The largest absolute Gasteiger partial charge is 0.618 e. The molecule has 6 aromatic carbocycles. The zero-order valence-corrected chi connectivity index (χ0v) is 30.5. The number of pyridine rings is 1. The van der Waals surface area contributed by atoms with Crippen LogP contribution >= 0.6 is 0 Å². The van der Waals surface area contributed by atoms with E-state index < -0.39 is 0 Å². The first-order valence-corrected chi connectivity index (χ1v) is 18.0. The van der Waals surface area contributed by atoms with Crippen molar-refractivity contribution in [2.24, 2.45) is 4.99 Å². The number of nitrogens with zero attached hydrogens (tertiary/aromatic N) is 2. The predicted octanol–water partition coefficient (Wildman–Crippen LogP) is 11.6. The Balaban J connectivity index is 1.52. The second-order valence-corrected chi connectivity index (χ2v) is 14.1. The van der Waals surface area contributed by atoms with Crippen LogP contribution in [-0.4, -0.2) is 6.21 Å². The van der Waals surface area contributed by atoms with Crippen molar-refractivity contribution in [1.29, 1.82) is 0 Å². The van der Waals surface area contributed by atoms with Crippen molar-refractivity contribution in [3.63, 3.8) is 0 Å². The van der Waals surface area contributed by atoms with Gasteiger partial charge in [0.15, 0.2) is 0 Å². The zero-order valence-electron chi connectivity index (χ0n) is 30.5. The molecule has 3 nitrogen and oxygen atoms in total. The van der Waals surface area contributed by atoms with E-state index in [1.807, 2.05) is 48.5 Å². The van der Waals surface area contributed by atoms with E-state index in [2.05, 4.69) is 144 Å². The molecule has 0 fully saturated rings. The third-order valence-electron chi connectivity index (χ3n) is 9.95. The summed E-state index contributed by atoms with van der Waals surface area (Å²) >= 11 is 0. The average molecular weight is 677 g/mol. The number of aliphatic imine (C=N–C) groups is 1. The molecule has 0 radical (unpaired) electrons. The summed E-state index contributed by atoms with van der Waals surface area (Å²) in [7, 11) is 0. The van der Waals surface area contributed by atoms with E-state index in [-0.39, 0.29) is 11.8 Å². The van der Waals surface area contributed by atoms with E-state index in [0.29, 0.717) is 11.4 Å². The van der Waals surface area contributed by atoms with Crippen LogP contribution in [0.2, 0.25) is 0 Å². The molecule has 0 saturated carbocycles. The fraction of sp³-hybridized carbons (Fsp3) is 0.143. The standard InChI is InChI=1S/C49H44N2O/c1-33-14-22-39(23-15-33)47(40-24-16-34(2)17-25-40)44-30-37(5)31-45(48(41-26-18-35(3)19-27-41)42-28-20-36(4)21-29-42)49(44)50-32-43-12-9-13-46(51(43)52)38-10-7-6-8-11-38/h6-32,47-48H,1-5H3. The molecule has 52 heavy (non-hydrogen) atoms. The van der Waals surface area contributed by atoms with Crippen LogP contribution in [0.15, 0.2) is 163 Å². The number of benzene rings is 6. The van der Waals surface area contributed by atoms with Gasteiger partial charge in [-0.3, -0.25) is 0 Å². The van der Waals surface area contributed by atoms with E-state index >= 15 is 0 Å². The van der Waals surface area contributed by atoms with Crippen LogP contribution in [0, 0.1) is 39.8 Å². The molecule has 0 amide bonds. The van der Waals surface area contributed by atoms with E-state index in [4.69, 9.17) is 4.99 Å². The highest BCUT2D eigenvalue weighted by Crippen LogP contribution is 2.45. The van der Waals surface area contributed by atoms with Crippen molar-refractivity contribution in [1.82, 2.24) is 0 Å². The fourth-order valence-electron chi connectivity index (χ4n) is 7.12. The molecule has 0 atom stereocenters. The van der Waals surface area contributed by atoms with Crippen LogP contribution in [-0.2, 0) is 0 Å². The Labute approximate surface area is 308 Å². The second kappa shape index (κ2) is 15.0. The van der Waals surface area contributed by atoms with E-state index in [1.165, 1.54) is 44.5 Å². The lowest BCUT2D eigenvalue weighted by Gasteiger charge is -2.27. The molecule has 3 heteroatoms. The van der Waals surface area contributed by atoms with Crippen LogP contribution in [0.5, 0.6) is 0 Å². The van der Waals surface area contributed by atoms with Gasteiger partial charge in [-0.15, -0.1) is 0 Å². The van der Waals surface area contributed by atoms with Crippen molar-refractivity contribution in [2.75, 3.05) is 0 Å². The van der Waals surface area contributed by atoms with Gasteiger partial charge in [0, 0.05) is 29.5 Å². The topological polar surface area (TPSA) is 39.3 Å². The normalized spacial score (nSPS) is 11.5. The molecule has 0 bridgehead atoms. The van der Waals surface area contributed by atoms with Gasteiger partial charge in [0.1, 0.15) is 6.21 Å². The first-order valence-electron chi connectivity index (χ1n) is 18.0. The minimum atomic E-state index is -0.0984. The molecule has 0 N–H and O–H groups in total. The van der Waals surface area contributed by atoms with Crippen LogP contribution in [0.3, 0.4) is 0 Å². The minimum Gasteiger partial charge on any atom is -0.618 e. The summed E-state index contributed by atoms with van der Waals surface area (Å²) in [5.41, 5.74) is 15.8. The van der Waals surface area contributed by atoms with Gasteiger partial charge in [-0.2, -0.15) is 4.73 Å². The van der Waals surface area contributed by atoms with Gasteiger partial charge < -0.3 is 5.21 Å². The van der Waals surface area contributed by atoms with Crippen LogP contribution in [0.25, 0.3) is 11.3 Å². The summed E-state index contributed by atoms with van der Waals surface area (Å²) in [4.78, 5) is 5.38. The molecular formula is C49H44N2O. The Kier molecular flexibility index (Phi) is 9.95. The van der Waals surface area contributed by atoms with Gasteiger partial charge in [0.25, 0.3) is 0 Å². The molecule has 0 aliphatic heterocycles. The zero-order chi connectivity index (χ0) is 36.2. The van der Waals surface area contributed by atoms with Gasteiger partial charge in [-0.05, 0) is 86.2 Å². The Bertz CT molecular complexity index is 2110. The van der Waals surface area contributed by atoms with Crippen molar-refractivity contribution < 1.29 is 4.73 Å². The first-order chi connectivity index (χ1) is 25.2. The predicted molar refractivity (Wildman–Crippen MR) is 216 cm³/mol. The highest BCUT2D eigenvalue weighted by atomic mass is 16.5. The quantitative estimate of drug-likeness (QED) is 0.0649. The molecule has 1 heterocycles. The third kappa shape index (κ3) is 7.36. The number of hydrogen-bond acceptors (Lipinski definition) is 2. The lowest BCUT2D eigenvalue weighted by molar-refractivity contribution is -0.594. The van der Waals surface area contributed by atoms with Gasteiger partial charge in [0.05, 0.1) is 5.69 Å². The van der Waals surface area contributed by atoms with Gasteiger partial charge in [0.2, 0.25) is 11.4 Å². The van der Waals surface area contributed by atoms with E-state index in [1.54, 1.807) is 6.21 Å². The minimum absolute atomic E-state index is 0.0984. The number of aromatic nitrogens is 1. The SMILES string of the molecule is Cc1ccc(C(c2ccc(C)cc2)c2cc(C)cc(C(c3ccc(C)cc3)c3ccc(C)cc3)c2N=Cc2cccc(-c3ccccc3)[n+]2[O-])cc1. The van der Waals surface area contributed by atoms with Crippen LogP contribution in [0.4, 0.5) is 5.69 Å². The Morgan fingerprint density at radius 3 is 1.27 bits per heavy atom. The van der Waals surface area contributed by atoms with E-state index in [0.717, 1.165) is 32.7 Å². The summed E-state index contributed by atoms with van der Waals surface area (Å²) < 4.78 is 0.987. The van der Waals surface area contributed by atoms with Crippen molar-refractivity contribution in [3.05, 3.63) is 230 Å². The molecule has 1 aromatic heterocycles. The third-order valence-corrected chi connectivity index (χ3v) is 9.95. The van der Waals surface area contributed by atoms with Gasteiger partial charge in [-0.25, -0.2) is 4.99 Å². The fourth-order valence-corrected chi connectivity index (χ4v) is 7.12. The maximum Gasteiger partial charge on any atom is 0.235 e. The van der Waals surface area contributed by atoms with Crippen LogP contribution in [0.1, 0.15) is 78.7 Å². The molecule has 7 rings (SSSR count). The molecule has 0 spiro atoms. The number of hydrogen-bond donors (Lipinski definition) is 0. The summed E-state index contributed by atoms with van der Waals surface area (Å²) in [6.45, 7) is 10.7. The highest BCUT2D eigenvalue weighted by molar-refractivity contribution is 5.81. The molecule has 0 aliphatic carbocycles. The lowest BCUT2D eigenvalue weighted by Crippen LogP contribution is -2.34. The second-order valence-electron chi connectivity index (χ2n) is 14.1. The van der Waals surface area contributed by atoms with Crippen molar-refractivity contribution in [2.45, 2.75) is 46.5 Å². The summed E-state index contributed by atoms with van der Waals surface area (Å²) in [5, 5.41) is 13.9. The van der Waals surface area contributed by atoms with E-state index in [9.17, 15) is 5.21 Å². The summed E-state index contributed by atoms with van der Waals surface area (Å²) in [5.74, 6) is -0.197. The maximum atomic E-state index is 13.9. The maximum absolute atomic E-state index is 13.9. The molecular weight excluding hydrogens is 633 g/mol. The van der Waals surface area contributed by atoms with Crippen molar-refractivity contribution >= 4 is 11.9 Å². The lowest BCUT2D eigenvalue weighted by atomic mass is 9.78. The molecule has 7 aromatic rings. The highest BCUT2D eigenvalue weighted by Gasteiger charge is 2.27. The number of aryl methyl sites for hydroxylation is 5. The molecule has 256 valence electrons. The van der Waals surface area contributed by atoms with Crippen molar-refractivity contribution in [3.8, 4) is 11.3 Å². The monoisotopic (exact) mass is 676 g/mol. The summed E-state index contributed by atoms with van der Waals surface area (Å²) in [6.07, 6.45) is 1.75. The smallest absolute Gasteiger partial charge is 0.235 e. The average Bonchev–Trinajstić information content (AvgIpc) is 3.15. The Hall–Kier alpha value is -6.06. The Morgan fingerprint density at radius 2 is 0.865 bits per heavy atom. The summed E-state index contributed by atoms with van der Waals surface area (Å²) in [6, 6.07) is 55.4. The first kappa shape index (κ1) is 34.4. The number of rotatable bonds is 9. The molecule has 0 unspecified atom stereocenters. The van der Waals surface area contributed by atoms with Gasteiger partial charge >= 0.3 is 0 Å². The molecule has 0 aliphatic rings. The Morgan fingerprint density at radius 1 is 0.462 bits per heavy atom.